The summed E-state index contributed by atoms with van der Waals surface area (Å²) in [5, 5.41) is 15.8. The Morgan fingerprint density at radius 1 is 1.14 bits per heavy atom. The lowest BCUT2D eigenvalue weighted by Gasteiger charge is -2.15. The first-order chi connectivity index (χ1) is 13.7. The number of aliphatic hydroxyl groups excluding tert-OH is 1. The third-order valence-electron chi connectivity index (χ3n) is 5.03. The first kappa shape index (κ1) is 20.4. The monoisotopic (exact) mass is 382 g/mol. The fourth-order valence-electron chi connectivity index (χ4n) is 3.56. The number of carbonyl (C=O) groups is 1. The standard InChI is InChI=1S/C23H30N2O3/c1-2-14-24-22(26)13-15-28-21-12-4-3-7-18(21)10-5-8-17-9-6-11-20-19(17)16-23(27)25-20/h3-4,6-7,9,11-12,22,24,26H,2,5,8,10,13-16H2,1H3,(H,25,27). The molecule has 0 saturated carbocycles. The van der Waals surface area contributed by atoms with Crippen molar-refractivity contribution >= 4 is 11.6 Å². The van der Waals surface area contributed by atoms with Crippen molar-refractivity contribution in [3.8, 4) is 5.75 Å². The van der Waals surface area contributed by atoms with E-state index in [1.54, 1.807) is 0 Å². The molecule has 2 aromatic rings. The molecule has 0 fully saturated rings. The van der Waals surface area contributed by atoms with Crippen LogP contribution in [0.15, 0.2) is 42.5 Å². The Labute approximate surface area is 167 Å². The molecular weight excluding hydrogens is 352 g/mol. The highest BCUT2D eigenvalue weighted by Crippen LogP contribution is 2.28. The van der Waals surface area contributed by atoms with Crippen LogP contribution in [0.5, 0.6) is 5.75 Å². The largest absolute Gasteiger partial charge is 0.493 e. The quantitative estimate of drug-likeness (QED) is 0.521. The van der Waals surface area contributed by atoms with Gasteiger partial charge in [-0.2, -0.15) is 0 Å². The van der Waals surface area contributed by atoms with Crippen molar-refractivity contribution in [3.63, 3.8) is 0 Å². The van der Waals surface area contributed by atoms with E-state index >= 15 is 0 Å². The highest BCUT2D eigenvalue weighted by Gasteiger charge is 2.20. The maximum absolute atomic E-state index is 11.6. The zero-order valence-electron chi connectivity index (χ0n) is 16.5. The highest BCUT2D eigenvalue weighted by atomic mass is 16.5. The molecule has 5 heteroatoms. The van der Waals surface area contributed by atoms with E-state index in [0.29, 0.717) is 19.4 Å². The molecule has 2 aromatic carbocycles. The van der Waals surface area contributed by atoms with E-state index in [1.165, 1.54) is 11.1 Å². The van der Waals surface area contributed by atoms with Crippen molar-refractivity contribution < 1.29 is 14.6 Å². The average Bonchev–Trinajstić information content (AvgIpc) is 3.08. The fourth-order valence-corrected chi connectivity index (χ4v) is 3.56. The summed E-state index contributed by atoms with van der Waals surface area (Å²) in [6.07, 6.45) is 4.36. The lowest BCUT2D eigenvalue weighted by molar-refractivity contribution is -0.115. The molecule has 0 aliphatic carbocycles. The number of amides is 1. The number of nitrogens with one attached hydrogen (secondary N) is 2. The van der Waals surface area contributed by atoms with Crippen molar-refractivity contribution in [3.05, 3.63) is 59.2 Å². The predicted octanol–water partition coefficient (Wildman–Crippen LogP) is 3.44. The van der Waals surface area contributed by atoms with Gasteiger partial charge in [0.2, 0.25) is 5.91 Å². The molecule has 150 valence electrons. The van der Waals surface area contributed by atoms with E-state index in [9.17, 15) is 9.90 Å². The van der Waals surface area contributed by atoms with Crippen molar-refractivity contribution in [2.45, 2.75) is 51.7 Å². The minimum absolute atomic E-state index is 0.0804. The van der Waals surface area contributed by atoms with Crippen LogP contribution in [0.1, 0.15) is 42.9 Å². The van der Waals surface area contributed by atoms with Gasteiger partial charge in [0.1, 0.15) is 12.0 Å². The maximum atomic E-state index is 11.6. The van der Waals surface area contributed by atoms with Crippen LogP contribution in [0.2, 0.25) is 0 Å². The average molecular weight is 383 g/mol. The Morgan fingerprint density at radius 2 is 1.93 bits per heavy atom. The smallest absolute Gasteiger partial charge is 0.228 e. The summed E-state index contributed by atoms with van der Waals surface area (Å²) in [4.78, 5) is 11.6. The summed E-state index contributed by atoms with van der Waals surface area (Å²) in [6.45, 7) is 3.36. The molecule has 28 heavy (non-hydrogen) atoms. The van der Waals surface area contributed by atoms with Crippen LogP contribution in [0, 0.1) is 0 Å². The van der Waals surface area contributed by atoms with Gasteiger partial charge in [-0.1, -0.05) is 37.3 Å². The molecule has 1 atom stereocenters. The Bertz CT molecular complexity index is 791. The molecule has 1 amide bonds. The van der Waals surface area contributed by atoms with Crippen LogP contribution < -0.4 is 15.4 Å². The van der Waals surface area contributed by atoms with Gasteiger partial charge in [0.25, 0.3) is 0 Å². The van der Waals surface area contributed by atoms with Gasteiger partial charge in [-0.3, -0.25) is 10.1 Å². The van der Waals surface area contributed by atoms with E-state index in [0.717, 1.165) is 49.2 Å². The zero-order chi connectivity index (χ0) is 19.8. The van der Waals surface area contributed by atoms with Gasteiger partial charge < -0.3 is 15.2 Å². The number of anilines is 1. The van der Waals surface area contributed by atoms with Crippen molar-refractivity contribution in [2.75, 3.05) is 18.5 Å². The lowest BCUT2D eigenvalue weighted by Crippen LogP contribution is -2.30. The van der Waals surface area contributed by atoms with Gasteiger partial charge in [0.05, 0.1) is 13.0 Å². The minimum atomic E-state index is -0.524. The summed E-state index contributed by atoms with van der Waals surface area (Å²) < 4.78 is 5.92. The fraction of sp³-hybridized carbons (Fsp3) is 0.435. The SMILES string of the molecule is CCCNC(O)CCOc1ccccc1CCCc1cccc2c1CC(=O)N2. The normalized spacial score (nSPS) is 13.9. The number of benzene rings is 2. The summed E-state index contributed by atoms with van der Waals surface area (Å²) in [5.41, 5.74) is 4.53. The zero-order valence-corrected chi connectivity index (χ0v) is 16.5. The first-order valence-electron chi connectivity index (χ1n) is 10.2. The number of fused-ring (bicyclic) bond motifs is 1. The van der Waals surface area contributed by atoms with Gasteiger partial charge >= 0.3 is 0 Å². The molecular formula is C23H30N2O3. The second-order valence-electron chi connectivity index (χ2n) is 7.24. The number of hydrogen-bond donors (Lipinski definition) is 3. The predicted molar refractivity (Wildman–Crippen MR) is 112 cm³/mol. The molecule has 1 aliphatic rings. The molecule has 1 aliphatic heterocycles. The summed E-state index contributed by atoms with van der Waals surface area (Å²) >= 11 is 0. The molecule has 3 rings (SSSR count). The molecule has 0 spiro atoms. The molecule has 0 bridgehead atoms. The van der Waals surface area contributed by atoms with Crippen molar-refractivity contribution in [1.82, 2.24) is 5.32 Å². The molecule has 1 heterocycles. The maximum Gasteiger partial charge on any atom is 0.228 e. The molecule has 0 aromatic heterocycles. The van der Waals surface area contributed by atoms with Crippen LogP contribution in [-0.4, -0.2) is 30.4 Å². The third kappa shape index (κ3) is 5.57. The molecule has 5 nitrogen and oxygen atoms in total. The number of para-hydroxylation sites is 1. The van der Waals surface area contributed by atoms with Crippen LogP contribution in [-0.2, 0) is 24.1 Å². The van der Waals surface area contributed by atoms with E-state index < -0.39 is 6.23 Å². The van der Waals surface area contributed by atoms with Gasteiger partial charge in [-0.15, -0.1) is 0 Å². The number of rotatable bonds is 11. The van der Waals surface area contributed by atoms with Gasteiger partial charge in [0.15, 0.2) is 0 Å². The van der Waals surface area contributed by atoms with E-state index in [-0.39, 0.29) is 5.91 Å². The van der Waals surface area contributed by atoms with Gasteiger partial charge in [0, 0.05) is 12.1 Å². The lowest BCUT2D eigenvalue weighted by atomic mass is 9.98. The first-order valence-corrected chi connectivity index (χ1v) is 10.2. The Morgan fingerprint density at radius 3 is 2.79 bits per heavy atom. The van der Waals surface area contributed by atoms with Gasteiger partial charge in [-0.25, -0.2) is 0 Å². The summed E-state index contributed by atoms with van der Waals surface area (Å²) in [7, 11) is 0. The van der Waals surface area contributed by atoms with E-state index in [4.69, 9.17) is 4.74 Å². The second kappa shape index (κ2) is 10.2. The number of carbonyl (C=O) groups excluding carboxylic acids is 1. The number of aliphatic hydroxyl groups is 1. The van der Waals surface area contributed by atoms with Gasteiger partial charge in [-0.05, 0) is 61.1 Å². The number of hydrogen-bond acceptors (Lipinski definition) is 4. The van der Waals surface area contributed by atoms with Crippen LogP contribution >= 0.6 is 0 Å². The van der Waals surface area contributed by atoms with Crippen LogP contribution in [0.4, 0.5) is 5.69 Å². The number of aryl methyl sites for hydroxylation is 2. The third-order valence-corrected chi connectivity index (χ3v) is 5.03. The minimum Gasteiger partial charge on any atom is -0.493 e. The van der Waals surface area contributed by atoms with E-state index in [2.05, 4.69) is 29.7 Å². The second-order valence-corrected chi connectivity index (χ2v) is 7.24. The highest BCUT2D eigenvalue weighted by molar-refractivity contribution is 5.99. The molecule has 0 radical (unpaired) electrons. The van der Waals surface area contributed by atoms with Crippen LogP contribution in [0.3, 0.4) is 0 Å². The Kier molecular flexibility index (Phi) is 7.46. The topological polar surface area (TPSA) is 70.6 Å². The Balaban J connectivity index is 1.50. The summed E-state index contributed by atoms with van der Waals surface area (Å²) in [5.74, 6) is 0.970. The van der Waals surface area contributed by atoms with Crippen LogP contribution in [0.25, 0.3) is 0 Å². The Hall–Kier alpha value is -2.37. The molecule has 3 N–H and O–H groups in total. The number of ether oxygens (including phenoxy) is 1. The molecule has 0 saturated heterocycles. The summed E-state index contributed by atoms with van der Waals surface area (Å²) in [6, 6.07) is 14.2. The van der Waals surface area contributed by atoms with Crippen molar-refractivity contribution in [1.29, 1.82) is 0 Å². The van der Waals surface area contributed by atoms with E-state index in [1.807, 2.05) is 30.3 Å². The van der Waals surface area contributed by atoms with Crippen molar-refractivity contribution in [2.24, 2.45) is 0 Å². The molecule has 1 unspecified atom stereocenters.